The molecule has 134 valence electrons. The molecule has 0 spiro atoms. The Morgan fingerprint density at radius 1 is 1.00 bits per heavy atom. The summed E-state index contributed by atoms with van der Waals surface area (Å²) in [5.74, 6) is -0.407. The number of nitrogens with zero attached hydrogens (tertiary/aromatic N) is 1. The molecule has 0 saturated carbocycles. The van der Waals surface area contributed by atoms with Gasteiger partial charge in [0.2, 0.25) is 0 Å². The second-order valence-electron chi connectivity index (χ2n) is 5.50. The SMILES string of the molecule is Fc1cnccc1-c1cccc(CNSc2cccc(C(F)(F)F)c2)c1. The minimum absolute atomic E-state index is 0.407. The topological polar surface area (TPSA) is 24.9 Å². The highest BCUT2D eigenvalue weighted by Crippen LogP contribution is 2.31. The predicted molar refractivity (Wildman–Crippen MR) is 93.8 cm³/mol. The first-order chi connectivity index (χ1) is 12.4. The first-order valence-corrected chi connectivity index (χ1v) is 8.51. The van der Waals surface area contributed by atoms with E-state index in [9.17, 15) is 17.6 Å². The molecular weight excluding hydrogens is 364 g/mol. The molecule has 0 aliphatic rings. The molecule has 0 radical (unpaired) electrons. The van der Waals surface area contributed by atoms with E-state index in [1.807, 2.05) is 12.1 Å². The molecule has 0 aliphatic heterocycles. The average Bonchev–Trinajstić information content (AvgIpc) is 2.62. The van der Waals surface area contributed by atoms with Gasteiger partial charge in [-0.15, -0.1) is 0 Å². The second-order valence-corrected chi connectivity index (χ2v) is 6.47. The Morgan fingerprint density at radius 2 is 1.81 bits per heavy atom. The fraction of sp³-hybridized carbons (Fsp3) is 0.105. The molecule has 0 bridgehead atoms. The standard InChI is InChI=1S/C19H14F4N2S/c20-18-12-24-8-7-17(18)14-4-1-3-13(9-14)11-25-26-16-6-2-5-15(10-16)19(21,22)23/h1-10,12,25H,11H2. The van der Waals surface area contributed by atoms with Gasteiger partial charge in [0.15, 0.2) is 0 Å². The van der Waals surface area contributed by atoms with Gasteiger partial charge >= 0.3 is 6.18 Å². The van der Waals surface area contributed by atoms with Crippen LogP contribution >= 0.6 is 11.9 Å². The van der Waals surface area contributed by atoms with Crippen molar-refractivity contribution < 1.29 is 17.6 Å². The van der Waals surface area contributed by atoms with Crippen molar-refractivity contribution in [2.24, 2.45) is 0 Å². The number of rotatable bonds is 5. The third kappa shape index (κ3) is 4.62. The Bertz CT molecular complexity index is 896. The molecule has 1 aromatic heterocycles. The van der Waals surface area contributed by atoms with Crippen LogP contribution in [0.2, 0.25) is 0 Å². The Morgan fingerprint density at radius 3 is 2.58 bits per heavy atom. The van der Waals surface area contributed by atoms with Crippen LogP contribution in [0.15, 0.2) is 71.9 Å². The largest absolute Gasteiger partial charge is 0.416 e. The number of hydrogen-bond donors (Lipinski definition) is 1. The van der Waals surface area contributed by atoms with E-state index in [0.717, 1.165) is 35.8 Å². The molecule has 0 unspecified atom stereocenters. The van der Waals surface area contributed by atoms with Gasteiger partial charge < -0.3 is 0 Å². The third-order valence-electron chi connectivity index (χ3n) is 3.64. The molecular formula is C19H14F4N2S. The van der Waals surface area contributed by atoms with Crippen LogP contribution in [0.3, 0.4) is 0 Å². The van der Waals surface area contributed by atoms with Crippen LogP contribution < -0.4 is 4.72 Å². The molecule has 1 N–H and O–H groups in total. The van der Waals surface area contributed by atoms with Gasteiger partial charge in [-0.25, -0.2) is 4.39 Å². The van der Waals surface area contributed by atoms with E-state index in [-0.39, 0.29) is 0 Å². The lowest BCUT2D eigenvalue weighted by atomic mass is 10.0. The van der Waals surface area contributed by atoms with Crippen molar-refractivity contribution in [3.63, 3.8) is 0 Å². The zero-order valence-electron chi connectivity index (χ0n) is 13.4. The lowest BCUT2D eigenvalue weighted by molar-refractivity contribution is -0.137. The highest BCUT2D eigenvalue weighted by atomic mass is 32.2. The van der Waals surface area contributed by atoms with Gasteiger partial charge in [-0.3, -0.25) is 9.71 Å². The van der Waals surface area contributed by atoms with Gasteiger partial charge in [-0.1, -0.05) is 24.3 Å². The van der Waals surface area contributed by atoms with Gasteiger partial charge in [0.25, 0.3) is 0 Å². The first kappa shape index (κ1) is 18.4. The van der Waals surface area contributed by atoms with Crippen LogP contribution in [0.5, 0.6) is 0 Å². The van der Waals surface area contributed by atoms with Crippen molar-refractivity contribution in [3.05, 3.63) is 83.9 Å². The summed E-state index contributed by atoms with van der Waals surface area (Å²) in [6.45, 7) is 0.418. The highest BCUT2D eigenvalue weighted by Gasteiger charge is 2.30. The normalized spacial score (nSPS) is 11.5. The summed E-state index contributed by atoms with van der Waals surface area (Å²) in [5.41, 5.74) is 1.37. The Balaban J connectivity index is 1.66. The molecule has 1 heterocycles. The number of hydrogen-bond acceptors (Lipinski definition) is 3. The minimum Gasteiger partial charge on any atom is -0.262 e. The number of aromatic nitrogens is 1. The van der Waals surface area contributed by atoms with Crippen LogP contribution in [0.4, 0.5) is 17.6 Å². The lowest BCUT2D eigenvalue weighted by Crippen LogP contribution is -2.06. The molecule has 0 saturated heterocycles. The highest BCUT2D eigenvalue weighted by molar-refractivity contribution is 7.97. The van der Waals surface area contributed by atoms with E-state index in [0.29, 0.717) is 22.6 Å². The van der Waals surface area contributed by atoms with Crippen molar-refractivity contribution in [3.8, 4) is 11.1 Å². The maximum absolute atomic E-state index is 13.8. The van der Waals surface area contributed by atoms with Gasteiger partial charge in [-0.2, -0.15) is 13.2 Å². The summed E-state index contributed by atoms with van der Waals surface area (Å²) in [6, 6.07) is 14.0. The predicted octanol–water partition coefficient (Wildman–Crippen LogP) is 5.70. The van der Waals surface area contributed by atoms with E-state index in [4.69, 9.17) is 0 Å². The summed E-state index contributed by atoms with van der Waals surface area (Å²) in [6.07, 6.45) is -1.68. The van der Waals surface area contributed by atoms with Crippen molar-refractivity contribution >= 4 is 11.9 Å². The van der Waals surface area contributed by atoms with E-state index in [1.165, 1.54) is 12.3 Å². The van der Waals surface area contributed by atoms with Gasteiger partial charge in [-0.05, 0) is 53.4 Å². The summed E-state index contributed by atoms with van der Waals surface area (Å²) < 4.78 is 55.1. The van der Waals surface area contributed by atoms with Crippen LogP contribution in [0.1, 0.15) is 11.1 Å². The molecule has 3 aromatic rings. The molecule has 2 aromatic carbocycles. The average molecular weight is 378 g/mol. The number of halogens is 4. The summed E-state index contributed by atoms with van der Waals surface area (Å²) in [5, 5.41) is 0. The maximum atomic E-state index is 13.8. The van der Waals surface area contributed by atoms with E-state index in [2.05, 4.69) is 9.71 Å². The molecule has 0 fully saturated rings. The molecule has 0 aliphatic carbocycles. The molecule has 26 heavy (non-hydrogen) atoms. The number of pyridine rings is 1. The van der Waals surface area contributed by atoms with Crippen molar-refractivity contribution in [2.75, 3.05) is 0 Å². The second kappa shape index (κ2) is 7.88. The van der Waals surface area contributed by atoms with Crippen molar-refractivity contribution in [2.45, 2.75) is 17.6 Å². The fourth-order valence-corrected chi connectivity index (χ4v) is 3.13. The smallest absolute Gasteiger partial charge is 0.262 e. The third-order valence-corrected chi connectivity index (χ3v) is 4.42. The molecule has 0 amide bonds. The zero-order chi connectivity index (χ0) is 18.6. The quantitative estimate of drug-likeness (QED) is 0.455. The van der Waals surface area contributed by atoms with Crippen molar-refractivity contribution in [1.82, 2.24) is 9.71 Å². The van der Waals surface area contributed by atoms with Gasteiger partial charge in [0.1, 0.15) is 5.82 Å². The van der Waals surface area contributed by atoms with Gasteiger partial charge in [0, 0.05) is 23.2 Å². The zero-order valence-corrected chi connectivity index (χ0v) is 14.2. The molecule has 3 rings (SSSR count). The van der Waals surface area contributed by atoms with Crippen LogP contribution in [0.25, 0.3) is 11.1 Å². The Hall–Kier alpha value is -2.38. The fourth-order valence-electron chi connectivity index (χ4n) is 2.40. The Labute approximate surface area is 152 Å². The number of alkyl halides is 3. The summed E-state index contributed by atoms with van der Waals surface area (Å²) in [7, 11) is 0. The van der Waals surface area contributed by atoms with Crippen LogP contribution in [-0.2, 0) is 12.7 Å². The molecule has 0 atom stereocenters. The maximum Gasteiger partial charge on any atom is 0.416 e. The summed E-state index contributed by atoms with van der Waals surface area (Å²) >= 11 is 1.12. The van der Waals surface area contributed by atoms with Gasteiger partial charge in [0.05, 0.1) is 11.8 Å². The molecule has 2 nitrogen and oxygen atoms in total. The lowest BCUT2D eigenvalue weighted by Gasteiger charge is -2.10. The number of nitrogens with one attached hydrogen (secondary N) is 1. The van der Waals surface area contributed by atoms with Crippen LogP contribution in [0, 0.1) is 5.82 Å². The van der Waals surface area contributed by atoms with E-state index < -0.39 is 17.6 Å². The van der Waals surface area contributed by atoms with Crippen molar-refractivity contribution in [1.29, 1.82) is 0 Å². The van der Waals surface area contributed by atoms with E-state index >= 15 is 0 Å². The van der Waals surface area contributed by atoms with Crippen LogP contribution in [-0.4, -0.2) is 4.98 Å². The van der Waals surface area contributed by atoms with E-state index in [1.54, 1.807) is 24.3 Å². The summed E-state index contributed by atoms with van der Waals surface area (Å²) in [4.78, 5) is 4.20. The first-order valence-electron chi connectivity index (χ1n) is 7.69. The monoisotopic (exact) mass is 378 g/mol. The molecule has 7 heteroatoms. The Kier molecular flexibility index (Phi) is 5.58. The number of benzene rings is 2. The minimum atomic E-state index is -4.36.